The highest BCUT2D eigenvalue weighted by Gasteiger charge is 2.27. The predicted molar refractivity (Wildman–Crippen MR) is 167 cm³/mol. The minimum absolute atomic E-state index is 0.0780. The summed E-state index contributed by atoms with van der Waals surface area (Å²) in [7, 11) is 0. The van der Waals surface area contributed by atoms with Gasteiger partial charge in [-0.15, -0.1) is 0 Å². The second-order valence-corrected chi connectivity index (χ2v) is 12.6. The standard InChI is InChI=1S/C32H51N5O6/c1-19(2)11-27(38)15-36(16-28(39)33-21(5)6)31(42)25-12-24(20(3)4)13-26(14-25)32(43)37(17-29(40)34-22(7)8)18-30(41)35-23(9)10/h12-14,19-23H,11,15-18H2,1-10H3,(H,33,39)(H,34,40)(H,35,41). The molecule has 0 aliphatic rings. The number of carbonyl (C=O) groups excluding carboxylic acids is 6. The summed E-state index contributed by atoms with van der Waals surface area (Å²) >= 11 is 0. The molecular formula is C32H51N5O6. The van der Waals surface area contributed by atoms with Crippen LogP contribution >= 0.6 is 0 Å². The Bertz CT molecular complexity index is 1030. The molecule has 0 heterocycles. The maximum absolute atomic E-state index is 13.8. The molecule has 43 heavy (non-hydrogen) atoms. The molecule has 3 N–H and O–H groups in total. The van der Waals surface area contributed by atoms with E-state index >= 15 is 0 Å². The van der Waals surface area contributed by atoms with Crippen molar-refractivity contribution in [2.24, 2.45) is 5.92 Å². The zero-order valence-corrected chi connectivity index (χ0v) is 27.5. The Morgan fingerprint density at radius 2 is 0.907 bits per heavy atom. The van der Waals surface area contributed by atoms with Gasteiger partial charge in [0.1, 0.15) is 19.6 Å². The smallest absolute Gasteiger partial charge is 0.254 e. The van der Waals surface area contributed by atoms with Crippen LogP contribution in [0.4, 0.5) is 0 Å². The van der Waals surface area contributed by atoms with Gasteiger partial charge in [0.15, 0.2) is 5.78 Å². The second kappa shape index (κ2) is 17.4. The van der Waals surface area contributed by atoms with Crippen molar-refractivity contribution in [2.75, 3.05) is 26.2 Å². The highest BCUT2D eigenvalue weighted by molar-refractivity contribution is 6.03. The zero-order chi connectivity index (χ0) is 33.0. The van der Waals surface area contributed by atoms with Crippen LogP contribution in [0.25, 0.3) is 0 Å². The van der Waals surface area contributed by atoms with Gasteiger partial charge in [0.25, 0.3) is 11.8 Å². The van der Waals surface area contributed by atoms with E-state index in [1.807, 2.05) is 27.7 Å². The van der Waals surface area contributed by atoms with Gasteiger partial charge in [-0.25, -0.2) is 0 Å². The first kappa shape index (κ1) is 37.3. The van der Waals surface area contributed by atoms with E-state index in [4.69, 9.17) is 0 Å². The predicted octanol–water partition coefficient (Wildman–Crippen LogP) is 2.88. The van der Waals surface area contributed by atoms with Crippen LogP contribution in [0.2, 0.25) is 0 Å². The van der Waals surface area contributed by atoms with E-state index < -0.39 is 29.5 Å². The molecule has 0 spiro atoms. The van der Waals surface area contributed by atoms with Gasteiger partial charge in [0.2, 0.25) is 17.7 Å². The first-order valence-corrected chi connectivity index (χ1v) is 15.0. The highest BCUT2D eigenvalue weighted by Crippen LogP contribution is 2.21. The summed E-state index contributed by atoms with van der Waals surface area (Å²) in [6.45, 7) is 17.1. The van der Waals surface area contributed by atoms with Gasteiger partial charge < -0.3 is 25.8 Å². The number of amides is 5. The molecule has 0 radical (unpaired) electrons. The number of ketones is 1. The minimum atomic E-state index is -0.602. The van der Waals surface area contributed by atoms with Crippen molar-refractivity contribution in [2.45, 2.75) is 99.7 Å². The summed E-state index contributed by atoms with van der Waals surface area (Å²) in [6.07, 6.45) is 0.247. The van der Waals surface area contributed by atoms with E-state index in [-0.39, 0.29) is 79.5 Å². The van der Waals surface area contributed by atoms with Crippen LogP contribution in [0.15, 0.2) is 18.2 Å². The Morgan fingerprint density at radius 3 is 1.21 bits per heavy atom. The van der Waals surface area contributed by atoms with Gasteiger partial charge in [-0.3, -0.25) is 28.8 Å². The Morgan fingerprint density at radius 1 is 0.558 bits per heavy atom. The minimum Gasteiger partial charge on any atom is -0.352 e. The summed E-state index contributed by atoms with van der Waals surface area (Å²) in [5, 5.41) is 8.22. The molecule has 0 atom stereocenters. The fraction of sp³-hybridized carbons (Fsp3) is 0.625. The molecule has 0 bridgehead atoms. The molecule has 0 saturated carbocycles. The lowest BCUT2D eigenvalue weighted by molar-refractivity contribution is -0.126. The zero-order valence-electron chi connectivity index (χ0n) is 27.5. The van der Waals surface area contributed by atoms with E-state index in [0.717, 1.165) is 4.90 Å². The van der Waals surface area contributed by atoms with Crippen LogP contribution in [-0.2, 0) is 19.2 Å². The number of hydrogen-bond acceptors (Lipinski definition) is 6. The number of carbonyl (C=O) groups is 6. The first-order valence-electron chi connectivity index (χ1n) is 15.0. The SMILES string of the molecule is CC(C)CC(=O)CN(CC(=O)NC(C)C)C(=O)c1cc(C(=O)N(CC(=O)NC(C)C)CC(=O)NC(C)C)cc(C(C)C)c1. The van der Waals surface area contributed by atoms with E-state index in [1.54, 1.807) is 53.7 Å². The van der Waals surface area contributed by atoms with E-state index in [1.165, 1.54) is 11.0 Å². The quantitative estimate of drug-likeness (QED) is 0.266. The molecule has 0 fully saturated rings. The van der Waals surface area contributed by atoms with Crippen LogP contribution in [0.5, 0.6) is 0 Å². The fourth-order valence-electron chi connectivity index (χ4n) is 4.35. The van der Waals surface area contributed by atoms with Crippen molar-refractivity contribution in [1.29, 1.82) is 0 Å². The van der Waals surface area contributed by atoms with Crippen molar-refractivity contribution in [3.05, 3.63) is 34.9 Å². The maximum atomic E-state index is 13.8. The third-order valence-electron chi connectivity index (χ3n) is 6.05. The van der Waals surface area contributed by atoms with E-state index in [9.17, 15) is 28.8 Å². The van der Waals surface area contributed by atoms with Gasteiger partial charge >= 0.3 is 0 Å². The molecule has 1 rings (SSSR count). The molecule has 5 amide bonds. The third kappa shape index (κ3) is 13.8. The van der Waals surface area contributed by atoms with Crippen LogP contribution in [0, 0.1) is 5.92 Å². The molecule has 1 aromatic carbocycles. The normalized spacial score (nSPS) is 11.2. The average molecular weight is 602 g/mol. The lowest BCUT2D eigenvalue weighted by Gasteiger charge is -2.25. The first-order chi connectivity index (χ1) is 19.9. The molecule has 11 heteroatoms. The Labute approximate surface area is 256 Å². The maximum Gasteiger partial charge on any atom is 0.254 e. The Kier molecular flexibility index (Phi) is 15.1. The summed E-state index contributed by atoms with van der Waals surface area (Å²) in [5.41, 5.74) is 0.916. The van der Waals surface area contributed by atoms with Crippen LogP contribution in [-0.4, -0.2) is 89.4 Å². The summed E-state index contributed by atoms with van der Waals surface area (Å²) in [5.74, 6) is -2.63. The third-order valence-corrected chi connectivity index (χ3v) is 6.05. The van der Waals surface area contributed by atoms with Crippen LogP contribution in [0.3, 0.4) is 0 Å². The van der Waals surface area contributed by atoms with Gasteiger partial charge in [0.05, 0.1) is 6.54 Å². The van der Waals surface area contributed by atoms with Crippen LogP contribution in [0.1, 0.15) is 108 Å². The molecular weight excluding hydrogens is 550 g/mol. The van der Waals surface area contributed by atoms with Crippen molar-refractivity contribution in [3.8, 4) is 0 Å². The van der Waals surface area contributed by atoms with E-state index in [2.05, 4.69) is 16.0 Å². The lowest BCUT2D eigenvalue weighted by atomic mass is 9.96. The molecule has 0 aliphatic heterocycles. The van der Waals surface area contributed by atoms with Gasteiger partial charge in [0, 0.05) is 35.7 Å². The van der Waals surface area contributed by atoms with Crippen molar-refractivity contribution >= 4 is 35.3 Å². The molecule has 0 unspecified atom stereocenters. The molecule has 1 aromatic rings. The summed E-state index contributed by atoms with van der Waals surface area (Å²) in [6, 6.07) is 4.18. The number of benzene rings is 1. The van der Waals surface area contributed by atoms with Crippen molar-refractivity contribution < 1.29 is 28.8 Å². The topological polar surface area (TPSA) is 145 Å². The van der Waals surface area contributed by atoms with Crippen molar-refractivity contribution in [1.82, 2.24) is 25.8 Å². The highest BCUT2D eigenvalue weighted by atomic mass is 16.2. The number of nitrogens with zero attached hydrogens (tertiary/aromatic N) is 2. The molecule has 0 saturated heterocycles. The lowest BCUT2D eigenvalue weighted by Crippen LogP contribution is -2.48. The number of hydrogen-bond donors (Lipinski definition) is 3. The number of nitrogens with one attached hydrogen (secondary N) is 3. The molecule has 0 aromatic heterocycles. The fourth-order valence-corrected chi connectivity index (χ4v) is 4.35. The average Bonchev–Trinajstić information content (AvgIpc) is 2.84. The summed E-state index contributed by atoms with van der Waals surface area (Å²) in [4.78, 5) is 80.7. The largest absolute Gasteiger partial charge is 0.352 e. The van der Waals surface area contributed by atoms with Crippen LogP contribution < -0.4 is 16.0 Å². The molecule has 11 nitrogen and oxygen atoms in total. The number of rotatable bonds is 16. The monoisotopic (exact) mass is 601 g/mol. The van der Waals surface area contributed by atoms with Gasteiger partial charge in [-0.1, -0.05) is 27.7 Å². The molecule has 240 valence electrons. The van der Waals surface area contributed by atoms with E-state index in [0.29, 0.717) is 5.56 Å². The Hall–Kier alpha value is -3.76. The molecule has 0 aliphatic carbocycles. The summed E-state index contributed by atoms with van der Waals surface area (Å²) < 4.78 is 0. The van der Waals surface area contributed by atoms with Gasteiger partial charge in [-0.05, 0) is 77.1 Å². The Balaban J connectivity index is 3.56. The number of Topliss-reactive ketones (excluding diaryl/α,β-unsaturated/α-hetero) is 1. The van der Waals surface area contributed by atoms with Gasteiger partial charge in [-0.2, -0.15) is 0 Å². The van der Waals surface area contributed by atoms with Crippen molar-refractivity contribution in [3.63, 3.8) is 0 Å². The second-order valence-electron chi connectivity index (χ2n) is 12.6.